The minimum atomic E-state index is -3.23. The molecule has 1 aliphatic rings. The third kappa shape index (κ3) is 6.67. The van der Waals surface area contributed by atoms with Gasteiger partial charge >= 0.3 is 0 Å². The lowest BCUT2D eigenvalue weighted by Gasteiger charge is -2.36. The van der Waals surface area contributed by atoms with Gasteiger partial charge in [-0.3, -0.25) is 4.79 Å². The number of hydrogen-bond acceptors (Lipinski definition) is 4. The number of rotatable bonds is 5. The van der Waals surface area contributed by atoms with E-state index in [9.17, 15) is 13.2 Å². The molecule has 0 spiro atoms. The van der Waals surface area contributed by atoms with Crippen LogP contribution >= 0.6 is 0 Å². The van der Waals surface area contributed by atoms with Gasteiger partial charge in [-0.2, -0.15) is 0 Å². The van der Waals surface area contributed by atoms with Gasteiger partial charge in [0.1, 0.15) is 6.61 Å². The van der Waals surface area contributed by atoms with Crippen LogP contribution in [0.1, 0.15) is 40.0 Å². The first-order chi connectivity index (χ1) is 9.08. The normalized spacial score (nSPS) is 21.0. The topological polar surface area (TPSA) is 75.7 Å². The van der Waals surface area contributed by atoms with Crippen molar-refractivity contribution in [2.45, 2.75) is 51.7 Å². The third-order valence-corrected chi connectivity index (χ3v) is 3.85. The highest BCUT2D eigenvalue weighted by atomic mass is 32.2. The highest BCUT2D eigenvalue weighted by Crippen LogP contribution is 2.17. The molecule has 7 heteroatoms. The molecule has 1 amide bonds. The molecule has 6 nitrogen and oxygen atoms in total. The summed E-state index contributed by atoms with van der Waals surface area (Å²) in [7, 11) is -3.23. The fourth-order valence-corrected chi connectivity index (χ4v) is 2.64. The Hall–Kier alpha value is -0.660. The lowest BCUT2D eigenvalue weighted by atomic mass is 10.0. The summed E-state index contributed by atoms with van der Waals surface area (Å²) in [6, 6.07) is -0.0745. The standard InChI is InChI=1S/C13H26N2O4S/c1-13(2,3)19-10-12(16)15-8-6-5-7-11(15)9-14-20(4,17)18/h11,14H,5-10H2,1-4H3. The van der Waals surface area contributed by atoms with Crippen molar-refractivity contribution in [2.24, 2.45) is 0 Å². The number of carbonyl (C=O) groups is 1. The average Bonchev–Trinajstić information content (AvgIpc) is 2.32. The van der Waals surface area contributed by atoms with E-state index in [1.54, 1.807) is 4.90 Å². The molecule has 1 atom stereocenters. The van der Waals surface area contributed by atoms with Crippen LogP contribution in [0, 0.1) is 0 Å². The van der Waals surface area contributed by atoms with E-state index in [2.05, 4.69) is 4.72 Å². The number of carbonyl (C=O) groups excluding carboxylic acids is 1. The Bertz CT molecular complexity index is 428. The highest BCUT2D eigenvalue weighted by molar-refractivity contribution is 7.88. The van der Waals surface area contributed by atoms with Crippen molar-refractivity contribution in [3.05, 3.63) is 0 Å². The fourth-order valence-electron chi connectivity index (χ4n) is 2.15. The molecule has 0 radical (unpaired) electrons. The second-order valence-electron chi connectivity index (χ2n) is 6.26. The molecule has 0 aromatic rings. The van der Waals surface area contributed by atoms with Gasteiger partial charge in [-0.15, -0.1) is 0 Å². The van der Waals surface area contributed by atoms with Crippen LogP contribution in [0.4, 0.5) is 0 Å². The molecule has 118 valence electrons. The number of piperidine rings is 1. The predicted molar refractivity (Wildman–Crippen MR) is 77.9 cm³/mol. The molecular formula is C13H26N2O4S. The summed E-state index contributed by atoms with van der Waals surface area (Å²) >= 11 is 0. The number of hydrogen-bond donors (Lipinski definition) is 1. The van der Waals surface area contributed by atoms with Crippen LogP contribution in [0.25, 0.3) is 0 Å². The Morgan fingerprint density at radius 2 is 2.00 bits per heavy atom. The quantitative estimate of drug-likeness (QED) is 0.812. The van der Waals surface area contributed by atoms with Crippen molar-refractivity contribution < 1.29 is 17.9 Å². The van der Waals surface area contributed by atoms with Gasteiger partial charge in [0, 0.05) is 19.1 Å². The molecule has 1 aliphatic heterocycles. The maximum atomic E-state index is 12.2. The first-order valence-corrected chi connectivity index (χ1v) is 8.86. The molecule has 1 unspecified atom stereocenters. The number of likely N-dealkylation sites (tertiary alicyclic amines) is 1. The summed E-state index contributed by atoms with van der Waals surface area (Å²) in [4.78, 5) is 13.9. The van der Waals surface area contributed by atoms with Gasteiger partial charge in [-0.1, -0.05) is 0 Å². The molecule has 0 bridgehead atoms. The highest BCUT2D eigenvalue weighted by Gasteiger charge is 2.28. The molecule has 1 saturated heterocycles. The van der Waals surface area contributed by atoms with E-state index in [-0.39, 0.29) is 30.7 Å². The van der Waals surface area contributed by atoms with Crippen molar-refractivity contribution in [2.75, 3.05) is 26.0 Å². The van der Waals surface area contributed by atoms with Crippen LogP contribution in [0.3, 0.4) is 0 Å². The van der Waals surface area contributed by atoms with Gasteiger partial charge in [0.05, 0.1) is 11.9 Å². The minimum absolute atomic E-state index is 0.0406. The zero-order valence-electron chi connectivity index (χ0n) is 12.8. The van der Waals surface area contributed by atoms with E-state index >= 15 is 0 Å². The van der Waals surface area contributed by atoms with Gasteiger partial charge in [-0.25, -0.2) is 13.1 Å². The van der Waals surface area contributed by atoms with E-state index in [1.165, 1.54) is 0 Å². The van der Waals surface area contributed by atoms with Crippen LogP contribution in [0.5, 0.6) is 0 Å². The Labute approximate surface area is 121 Å². The summed E-state index contributed by atoms with van der Waals surface area (Å²) in [6.45, 7) is 6.69. The molecule has 1 N–H and O–H groups in total. The summed E-state index contributed by atoms with van der Waals surface area (Å²) in [5.74, 6) is -0.0695. The molecule has 0 aromatic heterocycles. The summed E-state index contributed by atoms with van der Waals surface area (Å²) < 4.78 is 30.3. The van der Waals surface area contributed by atoms with Crippen LogP contribution in [0.2, 0.25) is 0 Å². The van der Waals surface area contributed by atoms with E-state index in [1.807, 2.05) is 20.8 Å². The molecule has 0 aliphatic carbocycles. The first kappa shape index (κ1) is 17.4. The molecule has 0 saturated carbocycles. The van der Waals surface area contributed by atoms with Crippen molar-refractivity contribution in [3.63, 3.8) is 0 Å². The second-order valence-corrected chi connectivity index (χ2v) is 8.09. The van der Waals surface area contributed by atoms with Crippen LogP contribution < -0.4 is 4.72 Å². The smallest absolute Gasteiger partial charge is 0.248 e. The molecule has 0 aromatic carbocycles. The van der Waals surface area contributed by atoms with Gasteiger partial charge < -0.3 is 9.64 Å². The third-order valence-electron chi connectivity index (χ3n) is 3.16. The van der Waals surface area contributed by atoms with Gasteiger partial charge in [-0.05, 0) is 40.0 Å². The Balaban J connectivity index is 2.57. The van der Waals surface area contributed by atoms with Crippen LogP contribution in [0.15, 0.2) is 0 Å². The molecule has 1 rings (SSSR count). The van der Waals surface area contributed by atoms with E-state index in [0.29, 0.717) is 6.54 Å². The van der Waals surface area contributed by atoms with Crippen LogP contribution in [-0.2, 0) is 19.6 Å². The monoisotopic (exact) mass is 306 g/mol. The average molecular weight is 306 g/mol. The van der Waals surface area contributed by atoms with Crippen molar-refractivity contribution in [1.82, 2.24) is 9.62 Å². The molecule has 1 heterocycles. The number of amides is 1. The zero-order valence-corrected chi connectivity index (χ0v) is 13.6. The Morgan fingerprint density at radius 3 is 2.55 bits per heavy atom. The molecule has 1 fully saturated rings. The van der Waals surface area contributed by atoms with Crippen molar-refractivity contribution in [1.29, 1.82) is 0 Å². The van der Waals surface area contributed by atoms with E-state index in [0.717, 1.165) is 25.5 Å². The summed E-state index contributed by atoms with van der Waals surface area (Å²) in [6.07, 6.45) is 3.92. The number of nitrogens with zero attached hydrogens (tertiary/aromatic N) is 1. The summed E-state index contributed by atoms with van der Waals surface area (Å²) in [5.41, 5.74) is -0.355. The lowest BCUT2D eigenvalue weighted by molar-refractivity contribution is -0.144. The fraction of sp³-hybridized carbons (Fsp3) is 0.923. The second kappa shape index (κ2) is 6.87. The molecule has 20 heavy (non-hydrogen) atoms. The van der Waals surface area contributed by atoms with E-state index in [4.69, 9.17) is 4.74 Å². The van der Waals surface area contributed by atoms with Crippen molar-refractivity contribution >= 4 is 15.9 Å². The van der Waals surface area contributed by atoms with E-state index < -0.39 is 10.0 Å². The number of sulfonamides is 1. The maximum Gasteiger partial charge on any atom is 0.248 e. The van der Waals surface area contributed by atoms with Gasteiger partial charge in [0.2, 0.25) is 15.9 Å². The maximum absolute atomic E-state index is 12.2. The largest absolute Gasteiger partial charge is 0.366 e. The predicted octanol–water partition coefficient (Wildman–Crippen LogP) is 0.732. The van der Waals surface area contributed by atoms with Crippen LogP contribution in [-0.4, -0.2) is 56.8 Å². The first-order valence-electron chi connectivity index (χ1n) is 6.96. The Kier molecular flexibility index (Phi) is 5.97. The lowest BCUT2D eigenvalue weighted by Crippen LogP contribution is -2.50. The Morgan fingerprint density at radius 1 is 1.35 bits per heavy atom. The van der Waals surface area contributed by atoms with Gasteiger partial charge in [0.25, 0.3) is 0 Å². The van der Waals surface area contributed by atoms with Crippen molar-refractivity contribution in [3.8, 4) is 0 Å². The number of nitrogens with one attached hydrogen (secondary N) is 1. The number of ether oxygens (including phenoxy) is 1. The zero-order chi connectivity index (χ0) is 15.4. The van der Waals surface area contributed by atoms with Gasteiger partial charge in [0.15, 0.2) is 0 Å². The SMILES string of the molecule is CC(C)(C)OCC(=O)N1CCCCC1CNS(C)(=O)=O. The summed E-state index contributed by atoms with van der Waals surface area (Å²) in [5, 5.41) is 0. The molecular weight excluding hydrogens is 280 g/mol. The minimum Gasteiger partial charge on any atom is -0.366 e.